The average Bonchev–Trinajstić information content (AvgIpc) is 2.96. The lowest BCUT2D eigenvalue weighted by molar-refractivity contribution is 0.471. The summed E-state index contributed by atoms with van der Waals surface area (Å²) in [7, 11) is 0. The summed E-state index contributed by atoms with van der Waals surface area (Å²) >= 11 is 0. The Kier molecular flexibility index (Phi) is 4.36. The minimum atomic E-state index is 0.628. The van der Waals surface area contributed by atoms with Gasteiger partial charge in [0.25, 0.3) is 0 Å². The number of aromatic nitrogens is 2. The van der Waals surface area contributed by atoms with Gasteiger partial charge in [0.1, 0.15) is 0 Å². The Bertz CT molecular complexity index is 511. The Labute approximate surface area is 121 Å². The fraction of sp³-hybridized carbons (Fsp3) is 0.471. The van der Waals surface area contributed by atoms with Crippen LogP contribution in [0, 0.1) is 0 Å². The summed E-state index contributed by atoms with van der Waals surface area (Å²) in [5.41, 5.74) is 2.33. The molecule has 106 valence electrons. The number of hydrogen-bond donors (Lipinski definition) is 1. The molecule has 0 unspecified atom stereocenters. The maximum absolute atomic E-state index is 4.29. The van der Waals surface area contributed by atoms with Crippen LogP contribution in [0.4, 0.5) is 5.69 Å². The first kappa shape index (κ1) is 13.2. The molecule has 0 bridgehead atoms. The summed E-state index contributed by atoms with van der Waals surface area (Å²) in [5.74, 6) is 0. The molecule has 3 heteroatoms. The largest absolute Gasteiger partial charge is 0.382 e. The fourth-order valence-corrected chi connectivity index (χ4v) is 3.00. The molecule has 0 amide bonds. The van der Waals surface area contributed by atoms with Crippen molar-refractivity contribution in [3.05, 3.63) is 42.7 Å². The van der Waals surface area contributed by atoms with E-state index in [1.165, 1.54) is 50.6 Å². The number of nitrogens with one attached hydrogen (secondary N) is 1. The summed E-state index contributed by atoms with van der Waals surface area (Å²) in [4.78, 5) is 0. The second kappa shape index (κ2) is 6.60. The molecule has 0 aliphatic heterocycles. The van der Waals surface area contributed by atoms with Gasteiger partial charge in [-0.3, -0.25) is 0 Å². The Morgan fingerprint density at radius 1 is 1.00 bits per heavy atom. The monoisotopic (exact) mass is 269 g/mol. The summed E-state index contributed by atoms with van der Waals surface area (Å²) in [5, 5.41) is 8.00. The molecular formula is C17H23N3. The van der Waals surface area contributed by atoms with Gasteiger partial charge in [0.2, 0.25) is 0 Å². The van der Waals surface area contributed by atoms with Crippen LogP contribution in [-0.2, 0) is 0 Å². The second-order valence-electron chi connectivity index (χ2n) is 5.69. The van der Waals surface area contributed by atoms with Crippen LogP contribution in [0.15, 0.2) is 42.7 Å². The Hall–Kier alpha value is -1.77. The topological polar surface area (TPSA) is 29.9 Å². The van der Waals surface area contributed by atoms with Gasteiger partial charge in [-0.1, -0.05) is 38.2 Å². The highest BCUT2D eigenvalue weighted by Crippen LogP contribution is 2.22. The highest BCUT2D eigenvalue weighted by Gasteiger charge is 2.11. The van der Waals surface area contributed by atoms with Crippen molar-refractivity contribution in [1.29, 1.82) is 0 Å². The van der Waals surface area contributed by atoms with Crippen molar-refractivity contribution >= 4 is 5.69 Å². The molecule has 1 aromatic carbocycles. The van der Waals surface area contributed by atoms with Crippen LogP contribution in [-0.4, -0.2) is 15.8 Å². The van der Waals surface area contributed by atoms with Crippen LogP contribution in [0.2, 0.25) is 0 Å². The van der Waals surface area contributed by atoms with Gasteiger partial charge in [0.05, 0.1) is 5.69 Å². The van der Waals surface area contributed by atoms with Gasteiger partial charge in [-0.15, -0.1) is 0 Å². The normalized spacial score (nSPS) is 17.4. The van der Waals surface area contributed by atoms with Gasteiger partial charge in [-0.25, -0.2) is 4.68 Å². The van der Waals surface area contributed by atoms with E-state index in [1.807, 2.05) is 23.1 Å². The van der Waals surface area contributed by atoms with Crippen LogP contribution in [0.5, 0.6) is 0 Å². The summed E-state index contributed by atoms with van der Waals surface area (Å²) in [6, 6.07) is 11.1. The smallest absolute Gasteiger partial charge is 0.0666 e. The second-order valence-corrected chi connectivity index (χ2v) is 5.69. The zero-order chi connectivity index (χ0) is 13.6. The predicted octanol–water partition coefficient (Wildman–Crippen LogP) is 4.40. The van der Waals surface area contributed by atoms with E-state index in [9.17, 15) is 0 Å². The molecule has 1 N–H and O–H groups in total. The van der Waals surface area contributed by atoms with Crippen LogP contribution in [0.1, 0.15) is 44.9 Å². The van der Waals surface area contributed by atoms with Crippen molar-refractivity contribution in [3.63, 3.8) is 0 Å². The third kappa shape index (κ3) is 3.41. The zero-order valence-corrected chi connectivity index (χ0v) is 12.0. The standard InChI is InChI=1S/C17H23N3/c1-2-4-8-15(9-5-3-1)19-16-10-6-11-17(14-16)20-13-7-12-18-20/h6-7,10-15,19H,1-5,8-9H2. The first-order valence-electron chi connectivity index (χ1n) is 7.78. The highest BCUT2D eigenvalue weighted by atomic mass is 15.3. The lowest BCUT2D eigenvalue weighted by Crippen LogP contribution is -2.20. The molecule has 3 nitrogen and oxygen atoms in total. The van der Waals surface area contributed by atoms with E-state index >= 15 is 0 Å². The third-order valence-corrected chi connectivity index (χ3v) is 4.09. The Morgan fingerprint density at radius 2 is 1.80 bits per heavy atom. The molecule has 0 saturated heterocycles. The highest BCUT2D eigenvalue weighted by molar-refractivity contribution is 5.51. The Balaban J connectivity index is 1.69. The van der Waals surface area contributed by atoms with E-state index < -0.39 is 0 Å². The van der Waals surface area contributed by atoms with Gasteiger partial charge in [0.15, 0.2) is 0 Å². The van der Waals surface area contributed by atoms with E-state index in [0.717, 1.165) is 5.69 Å². The number of nitrogens with zero attached hydrogens (tertiary/aromatic N) is 2. The van der Waals surface area contributed by atoms with Crippen molar-refractivity contribution < 1.29 is 0 Å². The predicted molar refractivity (Wildman–Crippen MR) is 83.3 cm³/mol. The number of hydrogen-bond acceptors (Lipinski definition) is 2. The molecule has 1 aliphatic rings. The first-order valence-corrected chi connectivity index (χ1v) is 7.78. The molecule has 0 atom stereocenters. The van der Waals surface area contributed by atoms with Crippen LogP contribution in [0.3, 0.4) is 0 Å². The molecule has 3 rings (SSSR count). The van der Waals surface area contributed by atoms with Crippen molar-refractivity contribution in [2.45, 2.75) is 51.0 Å². The molecule has 0 spiro atoms. The molecule has 0 radical (unpaired) electrons. The van der Waals surface area contributed by atoms with Crippen molar-refractivity contribution in [2.75, 3.05) is 5.32 Å². The molecule has 2 aromatic rings. The number of rotatable bonds is 3. The van der Waals surface area contributed by atoms with Crippen LogP contribution < -0.4 is 5.32 Å². The van der Waals surface area contributed by atoms with Gasteiger partial charge in [-0.2, -0.15) is 5.10 Å². The van der Waals surface area contributed by atoms with E-state index in [2.05, 4.69) is 34.7 Å². The number of anilines is 1. The molecule has 20 heavy (non-hydrogen) atoms. The quantitative estimate of drug-likeness (QED) is 0.895. The minimum Gasteiger partial charge on any atom is -0.382 e. The summed E-state index contributed by atoms with van der Waals surface area (Å²) in [6.45, 7) is 0. The van der Waals surface area contributed by atoms with Gasteiger partial charge >= 0.3 is 0 Å². The molecule has 1 saturated carbocycles. The third-order valence-electron chi connectivity index (χ3n) is 4.09. The van der Waals surface area contributed by atoms with E-state index in [1.54, 1.807) is 0 Å². The van der Waals surface area contributed by atoms with E-state index in [-0.39, 0.29) is 0 Å². The number of benzene rings is 1. The van der Waals surface area contributed by atoms with Crippen molar-refractivity contribution in [1.82, 2.24) is 9.78 Å². The lowest BCUT2D eigenvalue weighted by Gasteiger charge is -2.22. The van der Waals surface area contributed by atoms with Crippen molar-refractivity contribution in [3.8, 4) is 5.69 Å². The molecule has 1 aromatic heterocycles. The molecule has 1 aliphatic carbocycles. The van der Waals surface area contributed by atoms with E-state index in [0.29, 0.717) is 6.04 Å². The Morgan fingerprint density at radius 3 is 2.55 bits per heavy atom. The van der Waals surface area contributed by atoms with Crippen LogP contribution >= 0.6 is 0 Å². The van der Waals surface area contributed by atoms with Gasteiger partial charge < -0.3 is 5.32 Å². The summed E-state index contributed by atoms with van der Waals surface area (Å²) in [6.07, 6.45) is 13.3. The maximum Gasteiger partial charge on any atom is 0.0666 e. The van der Waals surface area contributed by atoms with Gasteiger partial charge in [-0.05, 0) is 37.1 Å². The zero-order valence-electron chi connectivity index (χ0n) is 12.0. The summed E-state index contributed by atoms with van der Waals surface area (Å²) < 4.78 is 1.91. The van der Waals surface area contributed by atoms with Gasteiger partial charge in [0, 0.05) is 24.1 Å². The maximum atomic E-state index is 4.29. The van der Waals surface area contributed by atoms with Crippen molar-refractivity contribution in [2.24, 2.45) is 0 Å². The SMILES string of the molecule is c1cc(NC2CCCCCCC2)cc(-n2cccn2)c1. The fourth-order valence-electron chi connectivity index (χ4n) is 3.00. The molecular weight excluding hydrogens is 246 g/mol. The van der Waals surface area contributed by atoms with E-state index in [4.69, 9.17) is 0 Å². The minimum absolute atomic E-state index is 0.628. The molecule has 1 heterocycles. The molecule has 1 fully saturated rings. The lowest BCUT2D eigenvalue weighted by atomic mass is 9.96. The van der Waals surface area contributed by atoms with Crippen LogP contribution in [0.25, 0.3) is 5.69 Å². The first-order chi connectivity index (χ1) is 9.92. The average molecular weight is 269 g/mol.